The van der Waals surface area contributed by atoms with E-state index >= 15 is 0 Å². The second-order valence-corrected chi connectivity index (χ2v) is 4.90. The van der Waals surface area contributed by atoms with Crippen LogP contribution in [0.5, 0.6) is 17.2 Å². The Morgan fingerprint density at radius 3 is 2.24 bits per heavy atom. The number of aryl methyl sites for hydroxylation is 1. The summed E-state index contributed by atoms with van der Waals surface area (Å²) < 4.78 is 20.0. The van der Waals surface area contributed by atoms with Gasteiger partial charge in [-0.15, -0.1) is 0 Å². The largest absolute Gasteiger partial charge is 0.493 e. The van der Waals surface area contributed by atoms with Gasteiger partial charge in [0.1, 0.15) is 16.6 Å². The minimum atomic E-state index is 0.520. The van der Waals surface area contributed by atoms with Crippen LogP contribution in [0.4, 0.5) is 10.7 Å². The Morgan fingerprint density at radius 2 is 1.76 bits per heavy atom. The summed E-state index contributed by atoms with van der Waals surface area (Å²) in [5, 5.41) is 13.0. The molecule has 0 amide bonds. The number of nitrogens with zero attached hydrogens (tertiary/aromatic N) is 2. The molecule has 1 heterocycles. The highest BCUT2D eigenvalue weighted by molar-refractivity contribution is 7.10. The first-order valence-electron chi connectivity index (χ1n) is 6.08. The summed E-state index contributed by atoms with van der Waals surface area (Å²) in [5.74, 6) is 1.60. The zero-order valence-electron chi connectivity index (χ0n) is 12.2. The number of nitriles is 1. The Balaban J connectivity index is 2.43. The van der Waals surface area contributed by atoms with E-state index in [4.69, 9.17) is 19.5 Å². The van der Waals surface area contributed by atoms with E-state index in [0.717, 1.165) is 5.69 Å². The summed E-state index contributed by atoms with van der Waals surface area (Å²) in [5.41, 5.74) is 1.97. The molecule has 0 radical (unpaired) electrons. The first-order chi connectivity index (χ1) is 10.1. The van der Waals surface area contributed by atoms with Crippen LogP contribution in [0.1, 0.15) is 11.3 Å². The lowest BCUT2D eigenvalue weighted by Crippen LogP contribution is -1.97. The Bertz CT molecular complexity index is 666. The molecule has 1 aromatic carbocycles. The number of nitrogens with one attached hydrogen (secondary N) is 1. The Kier molecular flexibility index (Phi) is 4.50. The number of methoxy groups -OCH3 is 3. The fourth-order valence-corrected chi connectivity index (χ4v) is 2.64. The molecule has 0 bridgehead atoms. The molecule has 110 valence electrons. The van der Waals surface area contributed by atoms with E-state index in [-0.39, 0.29) is 0 Å². The lowest BCUT2D eigenvalue weighted by Gasteiger charge is -2.14. The summed E-state index contributed by atoms with van der Waals surface area (Å²) >= 11 is 1.24. The van der Waals surface area contributed by atoms with Crippen LogP contribution in [0.25, 0.3) is 0 Å². The van der Waals surface area contributed by atoms with Crippen LogP contribution >= 0.6 is 11.5 Å². The number of benzene rings is 1. The second kappa shape index (κ2) is 6.33. The summed E-state index contributed by atoms with van der Waals surface area (Å²) in [4.78, 5) is 0. The molecule has 0 saturated heterocycles. The number of hydrogen-bond acceptors (Lipinski definition) is 7. The minimum Gasteiger partial charge on any atom is -0.493 e. The molecule has 2 aromatic rings. The molecule has 2 rings (SSSR count). The smallest absolute Gasteiger partial charge is 0.203 e. The fourth-order valence-electron chi connectivity index (χ4n) is 1.87. The van der Waals surface area contributed by atoms with Gasteiger partial charge in [-0.25, -0.2) is 0 Å². The fraction of sp³-hybridized carbons (Fsp3) is 0.286. The quantitative estimate of drug-likeness (QED) is 0.914. The minimum absolute atomic E-state index is 0.520. The van der Waals surface area contributed by atoms with Crippen LogP contribution in [-0.2, 0) is 0 Å². The van der Waals surface area contributed by atoms with Crippen molar-refractivity contribution in [2.45, 2.75) is 6.92 Å². The maximum atomic E-state index is 9.16. The highest BCUT2D eigenvalue weighted by Gasteiger charge is 2.15. The van der Waals surface area contributed by atoms with Crippen molar-refractivity contribution in [3.63, 3.8) is 0 Å². The Hall–Kier alpha value is -2.46. The van der Waals surface area contributed by atoms with E-state index < -0.39 is 0 Å². The van der Waals surface area contributed by atoms with Crippen LogP contribution < -0.4 is 19.5 Å². The molecule has 0 aliphatic rings. The lowest BCUT2D eigenvalue weighted by molar-refractivity contribution is 0.324. The van der Waals surface area contributed by atoms with E-state index in [1.165, 1.54) is 11.5 Å². The molecule has 0 atom stereocenters. The number of rotatable bonds is 5. The number of aromatic nitrogens is 1. The topological polar surface area (TPSA) is 76.4 Å². The van der Waals surface area contributed by atoms with Crippen LogP contribution in [0.3, 0.4) is 0 Å². The molecule has 6 nitrogen and oxygen atoms in total. The van der Waals surface area contributed by atoms with Gasteiger partial charge in [0.15, 0.2) is 11.5 Å². The molecule has 21 heavy (non-hydrogen) atoms. The zero-order valence-corrected chi connectivity index (χ0v) is 13.0. The van der Waals surface area contributed by atoms with Gasteiger partial charge in [0, 0.05) is 17.8 Å². The van der Waals surface area contributed by atoms with E-state index in [9.17, 15) is 0 Å². The van der Waals surface area contributed by atoms with Crippen molar-refractivity contribution in [1.29, 1.82) is 5.26 Å². The van der Waals surface area contributed by atoms with Gasteiger partial charge < -0.3 is 19.5 Å². The third-order valence-electron chi connectivity index (χ3n) is 2.90. The maximum absolute atomic E-state index is 9.16. The molecule has 0 unspecified atom stereocenters. The van der Waals surface area contributed by atoms with Gasteiger partial charge >= 0.3 is 0 Å². The van der Waals surface area contributed by atoms with E-state index in [1.54, 1.807) is 40.4 Å². The molecule has 0 saturated carbocycles. The molecule has 0 fully saturated rings. The van der Waals surface area contributed by atoms with Crippen LogP contribution in [0, 0.1) is 18.3 Å². The molecule has 0 aliphatic heterocycles. The third-order valence-corrected chi connectivity index (χ3v) is 3.75. The molecule has 0 aliphatic carbocycles. The molecule has 1 aromatic heterocycles. The van der Waals surface area contributed by atoms with Crippen molar-refractivity contribution in [3.05, 3.63) is 23.4 Å². The van der Waals surface area contributed by atoms with E-state index in [2.05, 4.69) is 15.8 Å². The lowest BCUT2D eigenvalue weighted by atomic mass is 10.2. The van der Waals surface area contributed by atoms with E-state index in [1.807, 2.05) is 0 Å². The van der Waals surface area contributed by atoms with Crippen LogP contribution in [0.15, 0.2) is 12.1 Å². The van der Waals surface area contributed by atoms with Gasteiger partial charge in [-0.2, -0.15) is 9.64 Å². The van der Waals surface area contributed by atoms with Crippen molar-refractivity contribution in [2.75, 3.05) is 26.6 Å². The highest BCUT2D eigenvalue weighted by Crippen LogP contribution is 2.41. The molecule has 0 spiro atoms. The van der Waals surface area contributed by atoms with Gasteiger partial charge in [0.25, 0.3) is 0 Å². The van der Waals surface area contributed by atoms with Gasteiger partial charge in [-0.3, -0.25) is 0 Å². The van der Waals surface area contributed by atoms with Crippen LogP contribution in [-0.4, -0.2) is 25.7 Å². The maximum Gasteiger partial charge on any atom is 0.203 e. The first-order valence-corrected chi connectivity index (χ1v) is 6.85. The third kappa shape index (κ3) is 2.85. The number of hydrogen-bond donors (Lipinski definition) is 1. The second-order valence-electron chi connectivity index (χ2n) is 4.12. The average molecular weight is 305 g/mol. The Labute approximate surface area is 127 Å². The van der Waals surface area contributed by atoms with Crippen molar-refractivity contribution < 1.29 is 14.2 Å². The Morgan fingerprint density at radius 1 is 1.14 bits per heavy atom. The van der Waals surface area contributed by atoms with E-state index in [0.29, 0.717) is 33.5 Å². The van der Waals surface area contributed by atoms with Crippen molar-refractivity contribution >= 4 is 22.2 Å². The summed E-state index contributed by atoms with van der Waals surface area (Å²) in [6.07, 6.45) is 0. The van der Waals surface area contributed by atoms with Crippen molar-refractivity contribution in [1.82, 2.24) is 4.37 Å². The van der Waals surface area contributed by atoms with Gasteiger partial charge in [-0.05, 0) is 18.5 Å². The molecule has 1 N–H and O–H groups in total. The predicted molar refractivity (Wildman–Crippen MR) is 80.9 cm³/mol. The SMILES string of the molecule is COc1cc(Nc2snc(C)c2C#N)cc(OC)c1OC. The summed E-state index contributed by atoms with van der Waals surface area (Å²) in [6.45, 7) is 1.80. The number of ether oxygens (including phenoxy) is 3. The van der Waals surface area contributed by atoms with Gasteiger partial charge in [-0.1, -0.05) is 0 Å². The summed E-state index contributed by atoms with van der Waals surface area (Å²) in [6, 6.07) is 5.69. The van der Waals surface area contributed by atoms with Crippen molar-refractivity contribution in [2.24, 2.45) is 0 Å². The molecular formula is C14H15N3O3S. The standard InChI is InChI=1S/C14H15N3O3S/c1-8-10(7-15)14(21-17-8)16-9-5-11(18-2)13(20-4)12(6-9)19-3/h5-6,16H,1-4H3. The molecular weight excluding hydrogens is 290 g/mol. The van der Waals surface area contributed by atoms with Gasteiger partial charge in [0.05, 0.1) is 27.0 Å². The highest BCUT2D eigenvalue weighted by atomic mass is 32.1. The predicted octanol–water partition coefficient (Wildman–Crippen LogP) is 3.09. The first kappa shape index (κ1) is 14.9. The monoisotopic (exact) mass is 305 g/mol. The zero-order chi connectivity index (χ0) is 15.4. The normalized spacial score (nSPS) is 9.86. The summed E-state index contributed by atoms with van der Waals surface area (Å²) in [7, 11) is 4.66. The molecule has 7 heteroatoms. The number of anilines is 2. The van der Waals surface area contributed by atoms with Crippen molar-refractivity contribution in [3.8, 4) is 23.3 Å². The average Bonchev–Trinajstić information content (AvgIpc) is 2.85. The van der Waals surface area contributed by atoms with Gasteiger partial charge in [0.2, 0.25) is 5.75 Å². The van der Waals surface area contributed by atoms with Crippen LogP contribution in [0.2, 0.25) is 0 Å².